The number of benzene rings is 1. The van der Waals surface area contributed by atoms with E-state index in [1.165, 1.54) is 11.3 Å². The molecule has 0 saturated heterocycles. The molecule has 21 heavy (non-hydrogen) atoms. The normalized spacial score (nSPS) is 11.7. The molecule has 0 bridgehead atoms. The summed E-state index contributed by atoms with van der Waals surface area (Å²) in [6.45, 7) is 10.2. The largest absolute Gasteiger partial charge is 0.496 e. The topological polar surface area (TPSA) is 39.1 Å². The summed E-state index contributed by atoms with van der Waals surface area (Å²) < 4.78 is 7.43. The molecule has 0 atom stereocenters. The monoisotopic (exact) mass is 287 g/mol. The summed E-state index contributed by atoms with van der Waals surface area (Å²) in [6, 6.07) is 8.07. The van der Waals surface area contributed by atoms with Crippen molar-refractivity contribution < 1.29 is 4.74 Å². The highest BCUT2D eigenvalue weighted by atomic mass is 16.5. The van der Waals surface area contributed by atoms with Crippen LogP contribution in [0.3, 0.4) is 0 Å². The first kappa shape index (κ1) is 15.6. The number of aromatic nitrogens is 2. The van der Waals surface area contributed by atoms with Gasteiger partial charge in [0.25, 0.3) is 0 Å². The van der Waals surface area contributed by atoms with Gasteiger partial charge in [-0.1, -0.05) is 18.2 Å². The first-order valence-corrected chi connectivity index (χ1v) is 7.29. The molecule has 1 heterocycles. The van der Waals surface area contributed by atoms with Crippen molar-refractivity contribution in [3.8, 4) is 5.75 Å². The van der Waals surface area contributed by atoms with Gasteiger partial charge in [0, 0.05) is 28.9 Å². The van der Waals surface area contributed by atoms with Crippen LogP contribution in [0.2, 0.25) is 0 Å². The van der Waals surface area contributed by atoms with Gasteiger partial charge in [0.05, 0.1) is 19.9 Å². The van der Waals surface area contributed by atoms with Crippen LogP contribution in [0.1, 0.15) is 37.6 Å². The lowest BCUT2D eigenvalue weighted by molar-refractivity contribution is 0.407. The molecule has 2 aromatic rings. The Balaban J connectivity index is 2.13. The fraction of sp³-hybridized carbons (Fsp3) is 0.471. The molecule has 0 spiro atoms. The number of ether oxygens (including phenoxy) is 1. The van der Waals surface area contributed by atoms with Crippen LogP contribution in [0.4, 0.5) is 0 Å². The average molecular weight is 287 g/mol. The van der Waals surface area contributed by atoms with Crippen molar-refractivity contribution in [3.05, 3.63) is 47.3 Å². The van der Waals surface area contributed by atoms with E-state index < -0.39 is 0 Å². The van der Waals surface area contributed by atoms with Crippen molar-refractivity contribution in [1.29, 1.82) is 0 Å². The zero-order valence-electron chi connectivity index (χ0n) is 13.6. The molecule has 1 aromatic heterocycles. The van der Waals surface area contributed by atoms with E-state index in [-0.39, 0.29) is 5.54 Å². The molecule has 4 nitrogen and oxygen atoms in total. The number of hydrogen-bond acceptors (Lipinski definition) is 3. The second-order valence-corrected chi connectivity index (χ2v) is 6.33. The molecule has 1 N–H and O–H groups in total. The van der Waals surface area contributed by atoms with Crippen LogP contribution < -0.4 is 10.1 Å². The summed E-state index contributed by atoms with van der Waals surface area (Å²) in [4.78, 5) is 0. The van der Waals surface area contributed by atoms with Crippen molar-refractivity contribution in [2.75, 3.05) is 7.11 Å². The third kappa shape index (κ3) is 4.08. The number of hydrogen-bond donors (Lipinski definition) is 1. The van der Waals surface area contributed by atoms with E-state index in [1.807, 2.05) is 29.1 Å². The molecule has 114 valence electrons. The molecule has 2 rings (SSSR count). The van der Waals surface area contributed by atoms with Gasteiger partial charge in [-0.25, -0.2) is 0 Å². The zero-order valence-corrected chi connectivity index (χ0v) is 13.6. The van der Waals surface area contributed by atoms with E-state index in [0.717, 1.165) is 24.4 Å². The second kappa shape index (κ2) is 6.31. The van der Waals surface area contributed by atoms with Gasteiger partial charge in [-0.15, -0.1) is 0 Å². The summed E-state index contributed by atoms with van der Waals surface area (Å²) in [5, 5.41) is 8.01. The zero-order chi connectivity index (χ0) is 15.5. The predicted molar refractivity (Wildman–Crippen MR) is 85.7 cm³/mol. The summed E-state index contributed by atoms with van der Waals surface area (Å²) in [6.07, 6.45) is 1.95. The Bertz CT molecular complexity index is 596. The first-order valence-electron chi connectivity index (χ1n) is 7.29. The standard InChI is InChI=1S/C17H25N3O/c1-13-15(10-18-17(2,3)4)11-19-20(13)12-14-8-6-7-9-16(14)21-5/h6-9,11,18H,10,12H2,1-5H3. The molecule has 0 aliphatic rings. The highest BCUT2D eigenvalue weighted by Gasteiger charge is 2.13. The smallest absolute Gasteiger partial charge is 0.123 e. The maximum absolute atomic E-state index is 5.40. The molecular formula is C17H25N3O. The van der Waals surface area contributed by atoms with Crippen LogP contribution >= 0.6 is 0 Å². The molecule has 0 fully saturated rings. The minimum absolute atomic E-state index is 0.108. The molecule has 4 heteroatoms. The van der Waals surface area contributed by atoms with Crippen LogP contribution in [-0.2, 0) is 13.1 Å². The molecular weight excluding hydrogens is 262 g/mol. The van der Waals surface area contributed by atoms with Crippen LogP contribution in [0.5, 0.6) is 5.75 Å². The predicted octanol–water partition coefficient (Wildman–Crippen LogP) is 3.14. The van der Waals surface area contributed by atoms with Gasteiger partial charge >= 0.3 is 0 Å². The Morgan fingerprint density at radius 2 is 1.90 bits per heavy atom. The number of nitrogens with zero attached hydrogens (tertiary/aromatic N) is 2. The number of nitrogens with one attached hydrogen (secondary N) is 1. The van der Waals surface area contributed by atoms with Gasteiger partial charge in [-0.05, 0) is 33.8 Å². The summed E-state index contributed by atoms with van der Waals surface area (Å²) >= 11 is 0. The molecule has 1 aromatic carbocycles. The first-order chi connectivity index (χ1) is 9.90. The van der Waals surface area contributed by atoms with Gasteiger partial charge in [0.2, 0.25) is 0 Å². The highest BCUT2D eigenvalue weighted by molar-refractivity contribution is 5.33. The molecule has 0 unspecified atom stereocenters. The Kier molecular flexibility index (Phi) is 4.68. The lowest BCUT2D eigenvalue weighted by atomic mass is 10.1. The minimum atomic E-state index is 0.108. The van der Waals surface area contributed by atoms with E-state index in [2.05, 4.69) is 44.2 Å². The lowest BCUT2D eigenvalue weighted by Gasteiger charge is -2.20. The van der Waals surface area contributed by atoms with E-state index >= 15 is 0 Å². The Morgan fingerprint density at radius 1 is 1.19 bits per heavy atom. The Labute approximate surface area is 127 Å². The Hall–Kier alpha value is -1.81. The van der Waals surface area contributed by atoms with Gasteiger partial charge in [0.15, 0.2) is 0 Å². The number of rotatable bonds is 5. The van der Waals surface area contributed by atoms with Gasteiger partial charge < -0.3 is 10.1 Å². The third-order valence-electron chi connectivity index (χ3n) is 3.53. The summed E-state index contributed by atoms with van der Waals surface area (Å²) in [5.74, 6) is 0.904. The SMILES string of the molecule is COc1ccccc1Cn1ncc(CNC(C)(C)C)c1C. The second-order valence-electron chi connectivity index (χ2n) is 6.33. The molecule has 0 aliphatic heterocycles. The van der Waals surface area contributed by atoms with Crippen molar-refractivity contribution >= 4 is 0 Å². The highest BCUT2D eigenvalue weighted by Crippen LogP contribution is 2.19. The maximum atomic E-state index is 5.40. The van der Waals surface area contributed by atoms with Crippen molar-refractivity contribution in [2.24, 2.45) is 0 Å². The van der Waals surface area contributed by atoms with E-state index in [9.17, 15) is 0 Å². The quantitative estimate of drug-likeness (QED) is 0.918. The third-order valence-corrected chi connectivity index (χ3v) is 3.53. The molecule has 0 saturated carbocycles. The fourth-order valence-corrected chi connectivity index (χ4v) is 2.17. The van der Waals surface area contributed by atoms with Crippen LogP contribution in [-0.4, -0.2) is 22.4 Å². The van der Waals surface area contributed by atoms with Crippen molar-refractivity contribution in [3.63, 3.8) is 0 Å². The lowest BCUT2D eigenvalue weighted by Crippen LogP contribution is -2.35. The van der Waals surface area contributed by atoms with Crippen molar-refractivity contribution in [1.82, 2.24) is 15.1 Å². The summed E-state index contributed by atoms with van der Waals surface area (Å²) in [5.41, 5.74) is 3.68. The van der Waals surface area contributed by atoms with Crippen LogP contribution in [0.25, 0.3) is 0 Å². The number of methoxy groups -OCH3 is 1. The van der Waals surface area contributed by atoms with Gasteiger partial charge in [0.1, 0.15) is 5.75 Å². The number of para-hydroxylation sites is 1. The maximum Gasteiger partial charge on any atom is 0.123 e. The molecule has 0 radical (unpaired) electrons. The van der Waals surface area contributed by atoms with E-state index in [0.29, 0.717) is 0 Å². The Morgan fingerprint density at radius 3 is 2.57 bits per heavy atom. The molecule has 0 aliphatic carbocycles. The minimum Gasteiger partial charge on any atom is -0.496 e. The van der Waals surface area contributed by atoms with E-state index in [4.69, 9.17) is 4.74 Å². The van der Waals surface area contributed by atoms with Crippen LogP contribution in [0.15, 0.2) is 30.5 Å². The fourth-order valence-electron chi connectivity index (χ4n) is 2.17. The average Bonchev–Trinajstić information content (AvgIpc) is 2.77. The van der Waals surface area contributed by atoms with Gasteiger partial charge in [-0.3, -0.25) is 4.68 Å². The van der Waals surface area contributed by atoms with Crippen LogP contribution in [0, 0.1) is 6.92 Å². The van der Waals surface area contributed by atoms with Gasteiger partial charge in [-0.2, -0.15) is 5.10 Å². The summed E-state index contributed by atoms with van der Waals surface area (Å²) in [7, 11) is 1.70. The molecule has 0 amide bonds. The van der Waals surface area contributed by atoms with E-state index in [1.54, 1.807) is 7.11 Å². The van der Waals surface area contributed by atoms with Crippen molar-refractivity contribution in [2.45, 2.75) is 46.3 Å².